The first-order valence-electron chi connectivity index (χ1n) is 9.70. The van der Waals surface area contributed by atoms with Crippen LogP contribution in [0.2, 0.25) is 0 Å². The van der Waals surface area contributed by atoms with Gasteiger partial charge in [0.2, 0.25) is 0 Å². The van der Waals surface area contributed by atoms with Crippen LogP contribution in [0.3, 0.4) is 0 Å². The lowest BCUT2D eigenvalue weighted by molar-refractivity contribution is 0.0989. The van der Waals surface area contributed by atoms with E-state index < -0.39 is 0 Å². The molecule has 3 aromatic heterocycles. The van der Waals surface area contributed by atoms with Gasteiger partial charge in [-0.1, -0.05) is 43.4 Å². The first-order valence-corrected chi connectivity index (χ1v) is 11.4. The second-order valence-corrected chi connectivity index (χ2v) is 9.39. The summed E-state index contributed by atoms with van der Waals surface area (Å²) in [6, 6.07) is 12.1. The van der Waals surface area contributed by atoms with Crippen LogP contribution in [0.4, 0.5) is 5.13 Å². The first kappa shape index (κ1) is 19.8. The van der Waals surface area contributed by atoms with E-state index in [9.17, 15) is 4.79 Å². The Hall–Kier alpha value is -2.51. The number of aryl methyl sites for hydroxylation is 2. The summed E-state index contributed by atoms with van der Waals surface area (Å²) < 4.78 is 3.07. The molecule has 1 amide bonds. The summed E-state index contributed by atoms with van der Waals surface area (Å²) in [6.45, 7) is 9.52. The lowest BCUT2D eigenvalue weighted by Gasteiger charge is -2.19. The minimum atomic E-state index is -0.00770. The van der Waals surface area contributed by atoms with Gasteiger partial charge in [0, 0.05) is 12.2 Å². The molecule has 150 valence electrons. The van der Waals surface area contributed by atoms with Gasteiger partial charge in [0.05, 0.1) is 27.3 Å². The number of anilines is 1. The van der Waals surface area contributed by atoms with Gasteiger partial charge in [-0.15, -0.1) is 11.3 Å². The quantitative estimate of drug-likeness (QED) is 0.402. The summed E-state index contributed by atoms with van der Waals surface area (Å²) in [7, 11) is 0. The summed E-state index contributed by atoms with van der Waals surface area (Å²) in [5, 5.41) is 7.22. The second kappa shape index (κ2) is 8.08. The molecule has 0 aliphatic rings. The van der Waals surface area contributed by atoms with Crippen molar-refractivity contribution in [3.05, 3.63) is 63.6 Å². The van der Waals surface area contributed by atoms with Crippen molar-refractivity contribution in [1.29, 1.82) is 0 Å². The Morgan fingerprint density at radius 1 is 1.21 bits per heavy atom. The predicted molar refractivity (Wildman–Crippen MR) is 121 cm³/mol. The van der Waals surface area contributed by atoms with E-state index in [0.29, 0.717) is 19.0 Å². The Morgan fingerprint density at radius 2 is 2.03 bits per heavy atom. The number of aromatic nitrogens is 3. The zero-order valence-electron chi connectivity index (χ0n) is 17.0. The topological polar surface area (TPSA) is 51.0 Å². The maximum atomic E-state index is 13.3. The van der Waals surface area contributed by atoms with Gasteiger partial charge < -0.3 is 0 Å². The molecule has 0 N–H and O–H groups in total. The summed E-state index contributed by atoms with van der Waals surface area (Å²) >= 11 is 3.04. The van der Waals surface area contributed by atoms with Gasteiger partial charge in [0.15, 0.2) is 5.13 Å². The molecule has 0 fully saturated rings. The van der Waals surface area contributed by atoms with E-state index in [4.69, 9.17) is 4.98 Å². The molecule has 5 nitrogen and oxygen atoms in total. The number of fused-ring (bicyclic) bond motifs is 1. The van der Waals surface area contributed by atoms with Gasteiger partial charge in [-0.3, -0.25) is 14.4 Å². The van der Waals surface area contributed by atoms with Gasteiger partial charge in [0.25, 0.3) is 5.91 Å². The zero-order valence-corrected chi connectivity index (χ0v) is 18.7. The van der Waals surface area contributed by atoms with Crippen molar-refractivity contribution in [3.63, 3.8) is 0 Å². The predicted octanol–water partition coefficient (Wildman–Crippen LogP) is 5.64. The molecule has 0 radical (unpaired) electrons. The average molecular weight is 425 g/mol. The van der Waals surface area contributed by atoms with Gasteiger partial charge in [-0.05, 0) is 48.9 Å². The average Bonchev–Trinajstić information content (AvgIpc) is 3.41. The fourth-order valence-corrected chi connectivity index (χ4v) is 5.15. The standard InChI is InChI=1S/C22H24N4OS2/c1-14(2)17-7-5-8-18-20(17)23-22(29-18)25(21(27)19-9-6-12-28-19)10-11-26-16(4)13-15(3)24-26/h5-9,12-14H,10-11H2,1-4H3. The van der Waals surface area contributed by atoms with Crippen LogP contribution in [0.15, 0.2) is 41.8 Å². The zero-order chi connectivity index (χ0) is 20.5. The summed E-state index contributed by atoms with van der Waals surface area (Å²) in [5.74, 6) is 0.372. The molecule has 29 heavy (non-hydrogen) atoms. The number of hydrogen-bond donors (Lipinski definition) is 0. The van der Waals surface area contributed by atoms with Crippen LogP contribution < -0.4 is 4.90 Å². The van der Waals surface area contributed by atoms with Crippen LogP contribution in [0.5, 0.6) is 0 Å². The molecule has 0 spiro atoms. The molecule has 0 aliphatic carbocycles. The number of nitrogens with zero attached hydrogens (tertiary/aromatic N) is 4. The lowest BCUT2D eigenvalue weighted by Crippen LogP contribution is -2.33. The van der Waals surface area contributed by atoms with E-state index in [1.807, 2.05) is 36.0 Å². The molecule has 0 saturated carbocycles. The number of carbonyl (C=O) groups is 1. The van der Waals surface area contributed by atoms with E-state index in [2.05, 4.69) is 43.2 Å². The highest BCUT2D eigenvalue weighted by Gasteiger charge is 2.23. The van der Waals surface area contributed by atoms with Crippen LogP contribution in [-0.4, -0.2) is 27.2 Å². The molecular formula is C22H24N4OS2. The molecule has 4 rings (SSSR count). The Morgan fingerprint density at radius 3 is 2.69 bits per heavy atom. The maximum absolute atomic E-state index is 13.3. The first-order chi connectivity index (χ1) is 13.9. The van der Waals surface area contributed by atoms with Crippen LogP contribution in [-0.2, 0) is 6.54 Å². The summed E-state index contributed by atoms with van der Waals surface area (Å²) in [4.78, 5) is 20.7. The Labute approximate surface area is 178 Å². The van der Waals surface area contributed by atoms with E-state index in [-0.39, 0.29) is 5.91 Å². The van der Waals surface area contributed by atoms with Crippen molar-refractivity contribution in [2.45, 2.75) is 40.2 Å². The van der Waals surface area contributed by atoms with Crippen LogP contribution in [0.25, 0.3) is 10.2 Å². The second-order valence-electron chi connectivity index (χ2n) is 7.43. The number of hydrogen-bond acceptors (Lipinski definition) is 5. The molecule has 3 heterocycles. The number of para-hydroxylation sites is 1. The van der Waals surface area contributed by atoms with E-state index >= 15 is 0 Å². The molecule has 0 atom stereocenters. The maximum Gasteiger partial charge on any atom is 0.270 e. The van der Waals surface area contributed by atoms with Crippen molar-refractivity contribution >= 4 is 43.9 Å². The third kappa shape index (κ3) is 3.97. The third-order valence-electron chi connectivity index (χ3n) is 4.91. The van der Waals surface area contributed by atoms with Gasteiger partial charge >= 0.3 is 0 Å². The number of carbonyl (C=O) groups excluding carboxylic acids is 1. The number of amides is 1. The van der Waals surface area contributed by atoms with Crippen LogP contribution in [0.1, 0.15) is 46.4 Å². The third-order valence-corrected chi connectivity index (χ3v) is 6.81. The molecule has 0 bridgehead atoms. The number of benzene rings is 1. The molecule has 0 aliphatic heterocycles. The SMILES string of the molecule is Cc1cc(C)n(CCN(C(=O)c2cccs2)c2nc3c(C(C)C)cccc3s2)n1. The van der Waals surface area contributed by atoms with E-state index in [1.54, 1.807) is 16.2 Å². The van der Waals surface area contributed by atoms with Crippen molar-refractivity contribution in [2.75, 3.05) is 11.4 Å². The highest BCUT2D eigenvalue weighted by Crippen LogP contribution is 2.34. The largest absolute Gasteiger partial charge is 0.281 e. The normalized spacial score (nSPS) is 11.5. The van der Waals surface area contributed by atoms with Gasteiger partial charge in [-0.25, -0.2) is 4.98 Å². The van der Waals surface area contributed by atoms with Gasteiger partial charge in [0.1, 0.15) is 0 Å². The van der Waals surface area contributed by atoms with Crippen LogP contribution in [0, 0.1) is 13.8 Å². The smallest absolute Gasteiger partial charge is 0.270 e. The number of thiophene rings is 1. The van der Waals surface area contributed by atoms with Crippen molar-refractivity contribution in [2.24, 2.45) is 0 Å². The molecule has 0 unspecified atom stereocenters. The summed E-state index contributed by atoms with van der Waals surface area (Å²) in [6.07, 6.45) is 0. The Bertz CT molecular complexity index is 1140. The number of rotatable bonds is 6. The van der Waals surface area contributed by atoms with E-state index in [0.717, 1.165) is 31.6 Å². The fraction of sp³-hybridized carbons (Fsp3) is 0.318. The molecule has 1 aromatic carbocycles. The fourth-order valence-electron chi connectivity index (χ4n) is 3.45. The van der Waals surface area contributed by atoms with Crippen molar-refractivity contribution in [1.82, 2.24) is 14.8 Å². The molecule has 0 saturated heterocycles. The molecule has 4 aromatic rings. The highest BCUT2D eigenvalue weighted by molar-refractivity contribution is 7.22. The van der Waals surface area contributed by atoms with Gasteiger partial charge in [-0.2, -0.15) is 5.10 Å². The Kier molecular flexibility index (Phi) is 5.52. The lowest BCUT2D eigenvalue weighted by atomic mass is 10.0. The van der Waals surface area contributed by atoms with Crippen molar-refractivity contribution < 1.29 is 4.79 Å². The monoisotopic (exact) mass is 424 g/mol. The van der Waals surface area contributed by atoms with Crippen LogP contribution >= 0.6 is 22.7 Å². The van der Waals surface area contributed by atoms with E-state index in [1.165, 1.54) is 16.9 Å². The Balaban J connectivity index is 1.71. The molecule has 7 heteroatoms. The molecular weight excluding hydrogens is 400 g/mol. The van der Waals surface area contributed by atoms with Crippen molar-refractivity contribution in [3.8, 4) is 0 Å². The summed E-state index contributed by atoms with van der Waals surface area (Å²) in [5.41, 5.74) is 4.29. The minimum absolute atomic E-state index is 0.00770. The minimum Gasteiger partial charge on any atom is -0.281 e. The highest BCUT2D eigenvalue weighted by atomic mass is 32.1. The number of thiazole rings is 1.